The highest BCUT2D eigenvalue weighted by Gasteiger charge is 2.25. The number of aliphatic hydroxyl groups is 1. The van der Waals surface area contributed by atoms with Crippen molar-refractivity contribution in [3.05, 3.63) is 21.3 Å². The molecule has 1 fully saturated rings. The van der Waals surface area contributed by atoms with Crippen molar-refractivity contribution in [1.29, 1.82) is 0 Å². The number of halogens is 1. The molecule has 1 atom stereocenters. The zero-order valence-electron chi connectivity index (χ0n) is 10.4. The minimum absolute atomic E-state index is 0.178. The summed E-state index contributed by atoms with van der Waals surface area (Å²) in [6, 6.07) is 3.95. The highest BCUT2D eigenvalue weighted by molar-refractivity contribution is 7.16. The maximum atomic E-state index is 10.3. The van der Waals surface area contributed by atoms with E-state index < -0.39 is 0 Å². The van der Waals surface area contributed by atoms with Gasteiger partial charge in [0.1, 0.15) is 0 Å². The fourth-order valence-corrected chi connectivity index (χ4v) is 3.95. The molecule has 1 aliphatic carbocycles. The fourth-order valence-electron chi connectivity index (χ4n) is 2.82. The molecular formula is C14H21ClOS. The van der Waals surface area contributed by atoms with Gasteiger partial charge in [-0.05, 0) is 36.8 Å². The molecule has 0 aromatic carbocycles. The molecule has 1 nitrogen and oxygen atoms in total. The Balaban J connectivity index is 1.82. The lowest BCUT2D eigenvalue weighted by Gasteiger charge is -2.30. The van der Waals surface area contributed by atoms with Crippen LogP contribution in [0.3, 0.4) is 0 Å². The van der Waals surface area contributed by atoms with E-state index in [1.807, 2.05) is 12.1 Å². The van der Waals surface area contributed by atoms with E-state index in [-0.39, 0.29) is 6.10 Å². The van der Waals surface area contributed by atoms with Crippen molar-refractivity contribution in [3.8, 4) is 0 Å². The molecule has 1 aromatic rings. The van der Waals surface area contributed by atoms with Crippen LogP contribution >= 0.6 is 22.9 Å². The zero-order valence-corrected chi connectivity index (χ0v) is 11.9. The van der Waals surface area contributed by atoms with E-state index >= 15 is 0 Å². The van der Waals surface area contributed by atoms with Crippen molar-refractivity contribution in [2.75, 3.05) is 0 Å². The highest BCUT2D eigenvalue weighted by Crippen LogP contribution is 2.34. The average molecular weight is 273 g/mol. The lowest BCUT2D eigenvalue weighted by molar-refractivity contribution is 0.0741. The Labute approximate surface area is 113 Å². The van der Waals surface area contributed by atoms with Crippen LogP contribution in [0.5, 0.6) is 0 Å². The average Bonchev–Trinajstić information content (AvgIpc) is 2.75. The second-order valence-corrected chi connectivity index (χ2v) is 6.97. The van der Waals surface area contributed by atoms with Gasteiger partial charge in [-0.1, -0.05) is 37.8 Å². The number of hydrogen-bond acceptors (Lipinski definition) is 2. The number of thiophene rings is 1. The van der Waals surface area contributed by atoms with E-state index in [2.05, 4.69) is 6.92 Å². The Kier molecular flexibility index (Phi) is 4.89. The van der Waals surface area contributed by atoms with Crippen LogP contribution in [-0.2, 0) is 6.42 Å². The lowest BCUT2D eigenvalue weighted by Crippen LogP contribution is -2.27. The third kappa shape index (κ3) is 3.70. The van der Waals surface area contributed by atoms with Gasteiger partial charge in [-0.15, -0.1) is 11.3 Å². The molecule has 1 saturated carbocycles. The van der Waals surface area contributed by atoms with Crippen molar-refractivity contribution in [3.63, 3.8) is 0 Å². The number of hydrogen-bond donors (Lipinski definition) is 1. The van der Waals surface area contributed by atoms with Crippen LogP contribution < -0.4 is 0 Å². The maximum absolute atomic E-state index is 10.3. The van der Waals surface area contributed by atoms with Crippen LogP contribution in [0.4, 0.5) is 0 Å². The summed E-state index contributed by atoms with van der Waals surface area (Å²) in [5.74, 6) is 1.40. The summed E-state index contributed by atoms with van der Waals surface area (Å²) in [7, 11) is 0. The third-order valence-electron chi connectivity index (χ3n) is 4.05. The zero-order chi connectivity index (χ0) is 12.3. The fraction of sp³-hybridized carbons (Fsp3) is 0.714. The molecular weight excluding hydrogens is 252 g/mol. The first-order valence-electron chi connectivity index (χ1n) is 6.61. The Bertz CT molecular complexity index is 342. The van der Waals surface area contributed by atoms with Gasteiger partial charge in [0.15, 0.2) is 0 Å². The lowest BCUT2D eigenvalue weighted by atomic mass is 9.78. The molecule has 0 bridgehead atoms. The van der Waals surface area contributed by atoms with Gasteiger partial charge in [-0.3, -0.25) is 0 Å². The Morgan fingerprint density at radius 3 is 2.59 bits per heavy atom. The Morgan fingerprint density at radius 1 is 1.35 bits per heavy atom. The Hall–Kier alpha value is -0.0500. The molecule has 96 valence electrons. The van der Waals surface area contributed by atoms with Gasteiger partial charge in [-0.2, -0.15) is 0 Å². The van der Waals surface area contributed by atoms with Crippen molar-refractivity contribution in [2.45, 2.75) is 51.6 Å². The van der Waals surface area contributed by atoms with E-state index in [0.717, 1.165) is 16.7 Å². The van der Waals surface area contributed by atoms with Crippen LogP contribution in [0.15, 0.2) is 12.1 Å². The van der Waals surface area contributed by atoms with Crippen molar-refractivity contribution < 1.29 is 5.11 Å². The first-order valence-corrected chi connectivity index (χ1v) is 7.80. The summed E-state index contributed by atoms with van der Waals surface area (Å²) >= 11 is 7.49. The van der Waals surface area contributed by atoms with Crippen LogP contribution in [0.25, 0.3) is 0 Å². The largest absolute Gasteiger partial charge is 0.392 e. The number of rotatable bonds is 4. The predicted octanol–water partition coefficient (Wildman–Crippen LogP) is 4.52. The van der Waals surface area contributed by atoms with Crippen LogP contribution in [0, 0.1) is 11.8 Å². The summed E-state index contributed by atoms with van der Waals surface area (Å²) in [4.78, 5) is 1.21. The van der Waals surface area contributed by atoms with E-state index in [9.17, 15) is 5.11 Å². The maximum Gasteiger partial charge on any atom is 0.0931 e. The number of aliphatic hydroxyl groups excluding tert-OH is 1. The molecule has 2 rings (SSSR count). The SMILES string of the molecule is CCC1CCC(C(O)Cc2ccc(Cl)s2)CC1. The minimum Gasteiger partial charge on any atom is -0.392 e. The summed E-state index contributed by atoms with van der Waals surface area (Å²) in [6.07, 6.45) is 6.87. The van der Waals surface area contributed by atoms with Gasteiger partial charge >= 0.3 is 0 Å². The molecule has 1 N–H and O–H groups in total. The normalized spacial score (nSPS) is 27.0. The van der Waals surface area contributed by atoms with Gasteiger partial charge in [0.25, 0.3) is 0 Å². The van der Waals surface area contributed by atoms with Gasteiger partial charge in [-0.25, -0.2) is 0 Å². The monoisotopic (exact) mass is 272 g/mol. The molecule has 0 amide bonds. The van der Waals surface area contributed by atoms with E-state index in [1.165, 1.54) is 37.0 Å². The van der Waals surface area contributed by atoms with Crippen LogP contribution in [0.2, 0.25) is 4.34 Å². The molecule has 1 aromatic heterocycles. The summed E-state index contributed by atoms with van der Waals surface area (Å²) in [5, 5.41) is 10.3. The van der Waals surface area contributed by atoms with Gasteiger partial charge in [0.2, 0.25) is 0 Å². The quantitative estimate of drug-likeness (QED) is 0.854. The van der Waals surface area contributed by atoms with E-state index in [1.54, 1.807) is 11.3 Å². The second kappa shape index (κ2) is 6.21. The first-order chi connectivity index (χ1) is 8.19. The predicted molar refractivity (Wildman–Crippen MR) is 74.8 cm³/mol. The third-order valence-corrected chi connectivity index (χ3v) is 5.31. The molecule has 3 heteroatoms. The van der Waals surface area contributed by atoms with Crippen molar-refractivity contribution in [2.24, 2.45) is 11.8 Å². The molecule has 0 spiro atoms. The molecule has 1 unspecified atom stereocenters. The van der Waals surface area contributed by atoms with Crippen LogP contribution in [0.1, 0.15) is 43.9 Å². The van der Waals surface area contributed by atoms with Crippen molar-refractivity contribution >= 4 is 22.9 Å². The van der Waals surface area contributed by atoms with E-state index in [0.29, 0.717) is 5.92 Å². The summed E-state index contributed by atoms with van der Waals surface area (Å²) in [5.41, 5.74) is 0. The second-order valence-electron chi connectivity index (χ2n) is 5.17. The standard InChI is InChI=1S/C14H21ClOS/c1-2-10-3-5-11(6-4-10)13(16)9-12-7-8-14(15)17-12/h7-8,10-11,13,16H,2-6,9H2,1H3. The molecule has 0 radical (unpaired) electrons. The molecule has 1 heterocycles. The molecule has 17 heavy (non-hydrogen) atoms. The van der Waals surface area contributed by atoms with Gasteiger partial charge < -0.3 is 5.11 Å². The van der Waals surface area contributed by atoms with Gasteiger partial charge in [0.05, 0.1) is 10.4 Å². The smallest absolute Gasteiger partial charge is 0.0931 e. The van der Waals surface area contributed by atoms with E-state index in [4.69, 9.17) is 11.6 Å². The molecule has 1 aliphatic rings. The minimum atomic E-state index is -0.178. The topological polar surface area (TPSA) is 20.2 Å². The summed E-state index contributed by atoms with van der Waals surface area (Å²) in [6.45, 7) is 2.27. The highest BCUT2D eigenvalue weighted by atomic mass is 35.5. The first kappa shape index (κ1) is 13.4. The van der Waals surface area contributed by atoms with Crippen molar-refractivity contribution in [1.82, 2.24) is 0 Å². The Morgan fingerprint density at radius 2 is 2.06 bits per heavy atom. The van der Waals surface area contributed by atoms with Crippen LogP contribution in [-0.4, -0.2) is 11.2 Å². The van der Waals surface area contributed by atoms with Gasteiger partial charge in [0, 0.05) is 11.3 Å². The summed E-state index contributed by atoms with van der Waals surface area (Å²) < 4.78 is 0.821. The molecule has 0 saturated heterocycles. The molecule has 0 aliphatic heterocycles.